The number of carboxylic acids is 1. The van der Waals surface area contributed by atoms with Gasteiger partial charge in [-0.2, -0.15) is 0 Å². The highest BCUT2D eigenvalue weighted by molar-refractivity contribution is 7.97. The Bertz CT molecular complexity index is 328. The van der Waals surface area contributed by atoms with Gasteiger partial charge >= 0.3 is 5.97 Å². The molecule has 0 aromatic carbocycles. The van der Waals surface area contributed by atoms with E-state index in [9.17, 15) is 30.3 Å². The molecule has 0 aromatic rings. The normalized spacial score (nSPS) is 34.7. The van der Waals surface area contributed by atoms with Crippen LogP contribution < -0.4 is 0 Å². The lowest BCUT2D eigenvalue weighted by Crippen LogP contribution is -2.44. The van der Waals surface area contributed by atoms with E-state index < -0.39 is 59.1 Å². The van der Waals surface area contributed by atoms with Crippen molar-refractivity contribution in [1.29, 1.82) is 0 Å². The molecule has 118 valence electrons. The Labute approximate surface area is 118 Å². The first-order valence-electron chi connectivity index (χ1n) is 6.17. The Hall–Kier alpha value is -0.420. The first-order chi connectivity index (χ1) is 9.27. The monoisotopic (exact) mass is 313 g/mol. The van der Waals surface area contributed by atoms with Gasteiger partial charge < -0.3 is 35.7 Å². The molecule has 1 aliphatic rings. The van der Waals surface area contributed by atoms with E-state index in [0.717, 1.165) is 0 Å². The fraction of sp³-hybridized carbons (Fsp3) is 0.909. The van der Waals surface area contributed by atoms with Gasteiger partial charge in [0.25, 0.3) is 0 Å². The third kappa shape index (κ3) is 4.29. The Balaban J connectivity index is 2.56. The maximum atomic E-state index is 10.4. The van der Waals surface area contributed by atoms with Crippen molar-refractivity contribution < 1.29 is 40.5 Å². The van der Waals surface area contributed by atoms with Gasteiger partial charge in [-0.05, 0) is 0 Å². The van der Waals surface area contributed by atoms with Crippen LogP contribution in [-0.4, -0.2) is 95.6 Å². The molecule has 0 radical (unpaired) electrons. The molecule has 7 unspecified atom stereocenters. The molecular formula is C11H21O8S+. The number of hydrogen-bond donors (Lipinski definition) is 7. The lowest BCUT2D eigenvalue weighted by molar-refractivity contribution is -0.142. The molecule has 0 saturated carbocycles. The zero-order chi connectivity index (χ0) is 15.4. The summed E-state index contributed by atoms with van der Waals surface area (Å²) in [7, 11) is -0.724. The minimum absolute atomic E-state index is 0.0306. The van der Waals surface area contributed by atoms with E-state index in [4.69, 9.17) is 10.2 Å². The Morgan fingerprint density at radius 3 is 2.30 bits per heavy atom. The number of carbonyl (C=O) groups is 1. The molecule has 0 spiro atoms. The van der Waals surface area contributed by atoms with E-state index in [1.807, 2.05) is 0 Å². The highest BCUT2D eigenvalue weighted by Gasteiger charge is 2.50. The van der Waals surface area contributed by atoms with Crippen molar-refractivity contribution in [3.63, 3.8) is 0 Å². The van der Waals surface area contributed by atoms with Crippen LogP contribution in [0.1, 0.15) is 6.42 Å². The van der Waals surface area contributed by atoms with E-state index in [2.05, 4.69) is 0 Å². The van der Waals surface area contributed by atoms with Gasteiger partial charge in [-0.3, -0.25) is 4.79 Å². The van der Waals surface area contributed by atoms with Crippen molar-refractivity contribution in [2.45, 2.75) is 42.2 Å². The second-order valence-electron chi connectivity index (χ2n) is 4.87. The van der Waals surface area contributed by atoms with Crippen LogP contribution in [-0.2, 0) is 15.7 Å². The molecule has 0 aliphatic carbocycles. The van der Waals surface area contributed by atoms with Gasteiger partial charge in [0, 0.05) is 10.9 Å². The minimum atomic E-state index is -1.63. The van der Waals surface area contributed by atoms with Crippen molar-refractivity contribution in [3.8, 4) is 0 Å². The SMILES string of the molecule is O=C(O)CC(O)C(O)C(O)C[S+]1CC(O)C(O)C1CO. The number of aliphatic hydroxyl groups excluding tert-OH is 6. The fourth-order valence-electron chi connectivity index (χ4n) is 2.17. The molecule has 1 aliphatic heterocycles. The van der Waals surface area contributed by atoms with E-state index in [1.54, 1.807) is 0 Å². The fourth-order valence-corrected chi connectivity index (χ4v) is 4.85. The molecule has 1 fully saturated rings. The van der Waals surface area contributed by atoms with Gasteiger partial charge in [-0.1, -0.05) is 0 Å². The average molecular weight is 313 g/mol. The van der Waals surface area contributed by atoms with Gasteiger partial charge in [0.05, 0.1) is 19.1 Å². The molecule has 0 amide bonds. The Morgan fingerprint density at radius 1 is 1.20 bits per heavy atom. The largest absolute Gasteiger partial charge is 0.481 e. The number of aliphatic hydroxyl groups is 6. The number of rotatable bonds is 7. The first kappa shape index (κ1) is 17.6. The number of aliphatic carboxylic acids is 1. The third-order valence-corrected chi connectivity index (χ3v) is 6.15. The zero-order valence-corrected chi connectivity index (χ0v) is 11.6. The van der Waals surface area contributed by atoms with Crippen LogP contribution in [0, 0.1) is 0 Å². The highest BCUT2D eigenvalue weighted by Crippen LogP contribution is 2.25. The maximum Gasteiger partial charge on any atom is 0.306 e. The summed E-state index contributed by atoms with van der Waals surface area (Å²) in [6.45, 7) is -0.359. The van der Waals surface area contributed by atoms with Crippen molar-refractivity contribution in [3.05, 3.63) is 0 Å². The smallest absolute Gasteiger partial charge is 0.306 e. The predicted molar refractivity (Wildman–Crippen MR) is 70.3 cm³/mol. The molecule has 20 heavy (non-hydrogen) atoms. The van der Waals surface area contributed by atoms with Crippen molar-refractivity contribution in [2.24, 2.45) is 0 Å². The van der Waals surface area contributed by atoms with Crippen LogP contribution in [0.25, 0.3) is 0 Å². The Kier molecular flexibility index (Phi) is 6.65. The summed E-state index contributed by atoms with van der Waals surface area (Å²) < 4.78 is 0. The molecule has 7 atom stereocenters. The maximum absolute atomic E-state index is 10.4. The molecule has 1 saturated heterocycles. The van der Waals surface area contributed by atoms with Crippen LogP contribution in [0.2, 0.25) is 0 Å². The molecule has 7 N–H and O–H groups in total. The second kappa shape index (κ2) is 7.55. The topological polar surface area (TPSA) is 159 Å². The van der Waals surface area contributed by atoms with Crippen molar-refractivity contribution >= 4 is 16.9 Å². The second-order valence-corrected chi connectivity index (χ2v) is 7.22. The first-order valence-corrected chi connectivity index (χ1v) is 7.79. The lowest BCUT2D eigenvalue weighted by Gasteiger charge is -2.22. The Morgan fingerprint density at radius 2 is 1.80 bits per heavy atom. The number of carboxylic acid groups (broad SMARTS) is 1. The van der Waals surface area contributed by atoms with E-state index in [0.29, 0.717) is 0 Å². The zero-order valence-electron chi connectivity index (χ0n) is 10.7. The molecule has 8 nitrogen and oxygen atoms in total. The van der Waals surface area contributed by atoms with E-state index in [1.165, 1.54) is 0 Å². The summed E-state index contributed by atoms with van der Waals surface area (Å²) in [5.74, 6) is -1.14. The molecule has 1 heterocycles. The summed E-state index contributed by atoms with van der Waals surface area (Å²) in [6.07, 6.45) is -7.40. The summed E-state index contributed by atoms with van der Waals surface area (Å²) in [5.41, 5.74) is 0. The summed E-state index contributed by atoms with van der Waals surface area (Å²) in [4.78, 5) is 10.4. The highest BCUT2D eigenvalue weighted by atomic mass is 32.2. The standard InChI is InChI=1S/C11H20O8S/c12-2-8-11(19)7(15)4-20(8)3-6(14)10(18)5(13)1-9(16)17/h5-8,10-15,18-19H,1-4H2/p+1. The van der Waals surface area contributed by atoms with Crippen LogP contribution in [0.3, 0.4) is 0 Å². The van der Waals surface area contributed by atoms with Crippen molar-refractivity contribution in [2.75, 3.05) is 18.1 Å². The van der Waals surface area contributed by atoms with Crippen LogP contribution >= 0.6 is 0 Å². The quantitative estimate of drug-likeness (QED) is 0.236. The van der Waals surface area contributed by atoms with E-state index >= 15 is 0 Å². The molecule has 0 aromatic heterocycles. The average Bonchev–Trinajstić information content (AvgIpc) is 2.62. The van der Waals surface area contributed by atoms with Gasteiger partial charge in [0.1, 0.15) is 35.9 Å². The molecular weight excluding hydrogens is 292 g/mol. The number of hydrogen-bond acceptors (Lipinski definition) is 7. The summed E-state index contributed by atoms with van der Waals surface area (Å²) in [6, 6.07) is 0. The lowest BCUT2D eigenvalue weighted by atomic mass is 10.1. The summed E-state index contributed by atoms with van der Waals surface area (Å²) in [5, 5.41) is 65.1. The third-order valence-electron chi connectivity index (χ3n) is 3.33. The predicted octanol–water partition coefficient (Wildman–Crippen LogP) is -3.74. The molecule has 0 bridgehead atoms. The van der Waals surface area contributed by atoms with Gasteiger partial charge in [0.2, 0.25) is 0 Å². The minimum Gasteiger partial charge on any atom is -0.481 e. The molecule has 1 rings (SSSR count). The van der Waals surface area contributed by atoms with Crippen LogP contribution in [0.5, 0.6) is 0 Å². The van der Waals surface area contributed by atoms with Gasteiger partial charge in [-0.25, -0.2) is 0 Å². The van der Waals surface area contributed by atoms with Crippen LogP contribution in [0.15, 0.2) is 0 Å². The molecule has 9 heteroatoms. The van der Waals surface area contributed by atoms with Gasteiger partial charge in [0.15, 0.2) is 5.25 Å². The summed E-state index contributed by atoms with van der Waals surface area (Å²) >= 11 is 0. The van der Waals surface area contributed by atoms with Crippen molar-refractivity contribution in [1.82, 2.24) is 0 Å². The van der Waals surface area contributed by atoms with Crippen LogP contribution in [0.4, 0.5) is 0 Å². The van der Waals surface area contributed by atoms with E-state index in [-0.39, 0.29) is 18.1 Å². The van der Waals surface area contributed by atoms with Gasteiger partial charge in [-0.15, -0.1) is 0 Å².